The molecule has 7 heteroatoms. The van der Waals surface area contributed by atoms with Gasteiger partial charge in [0.15, 0.2) is 16.6 Å². The predicted molar refractivity (Wildman–Crippen MR) is 81.8 cm³/mol. The van der Waals surface area contributed by atoms with Gasteiger partial charge in [-0.15, -0.1) is 0 Å². The fourth-order valence-corrected chi connectivity index (χ4v) is 8.91. The molecule has 106 valence electrons. The number of carbonyl (C=O) groups is 1. The van der Waals surface area contributed by atoms with Crippen molar-refractivity contribution >= 4 is 31.9 Å². The van der Waals surface area contributed by atoms with Crippen LogP contribution >= 0.6 is 0 Å². The van der Waals surface area contributed by atoms with Gasteiger partial charge in [0, 0.05) is 5.57 Å². The maximum absolute atomic E-state index is 11.4. The fourth-order valence-electron chi connectivity index (χ4n) is 1.15. The molecule has 18 heavy (non-hydrogen) atoms. The van der Waals surface area contributed by atoms with Crippen LogP contribution in [0.5, 0.6) is 0 Å². The Morgan fingerprint density at radius 3 is 1.72 bits per heavy atom. The summed E-state index contributed by atoms with van der Waals surface area (Å²) in [5.41, 5.74) is 0.406. The van der Waals surface area contributed by atoms with Crippen molar-refractivity contribution < 1.29 is 17.8 Å². The highest BCUT2D eigenvalue weighted by Crippen LogP contribution is 2.12. The highest BCUT2D eigenvalue weighted by molar-refractivity contribution is 6.81. The molecule has 0 aromatic rings. The average Bonchev–Trinajstić information content (AvgIpc) is 2.08. The number of carbonyl (C=O) groups excluding carboxylic acids is 1. The Hall–Kier alpha value is -0.219. The Morgan fingerprint density at radius 1 is 1.06 bits per heavy atom. The second kappa shape index (κ2) is 6.81. The zero-order chi connectivity index (χ0) is 14.6. The number of rotatable bonds is 7. The van der Waals surface area contributed by atoms with Crippen LogP contribution in [0.15, 0.2) is 12.2 Å². The molecule has 0 radical (unpaired) electrons. The molecule has 0 aliphatic heterocycles. The van der Waals surface area contributed by atoms with Gasteiger partial charge in [-0.1, -0.05) is 6.58 Å². The summed E-state index contributed by atoms with van der Waals surface area (Å²) in [6, 6.07) is 0. The summed E-state index contributed by atoms with van der Waals surface area (Å²) in [6.07, 6.45) is 0.264. The molecular formula is C11H26O4Si3. The summed E-state index contributed by atoms with van der Waals surface area (Å²) < 4.78 is 17.2. The van der Waals surface area contributed by atoms with Crippen molar-refractivity contribution in [3.05, 3.63) is 12.2 Å². The van der Waals surface area contributed by atoms with E-state index in [2.05, 4.69) is 45.9 Å². The van der Waals surface area contributed by atoms with Crippen LogP contribution in [0.3, 0.4) is 0 Å². The third-order valence-corrected chi connectivity index (χ3v) is 9.87. The van der Waals surface area contributed by atoms with E-state index in [4.69, 9.17) is 13.0 Å². The van der Waals surface area contributed by atoms with Gasteiger partial charge in [-0.3, -0.25) is 0 Å². The van der Waals surface area contributed by atoms with E-state index < -0.39 is 25.9 Å². The quantitative estimate of drug-likeness (QED) is 0.412. The van der Waals surface area contributed by atoms with Crippen molar-refractivity contribution in [2.24, 2.45) is 0 Å². The van der Waals surface area contributed by atoms with E-state index in [-0.39, 0.29) is 12.2 Å². The monoisotopic (exact) mass is 306 g/mol. The lowest BCUT2D eigenvalue weighted by atomic mass is 10.4. The molecule has 0 unspecified atom stereocenters. The van der Waals surface area contributed by atoms with Crippen molar-refractivity contribution in [2.75, 3.05) is 6.23 Å². The molecule has 0 saturated heterocycles. The minimum Gasteiger partial charge on any atom is -0.461 e. The van der Waals surface area contributed by atoms with E-state index in [0.29, 0.717) is 5.57 Å². The Balaban J connectivity index is 4.48. The minimum atomic E-state index is -1.94. The second-order valence-corrected chi connectivity index (χ2v) is 17.8. The Labute approximate surface area is 114 Å². The van der Waals surface area contributed by atoms with Crippen molar-refractivity contribution in [3.63, 3.8) is 0 Å². The molecule has 0 amide bonds. The van der Waals surface area contributed by atoms with Crippen LogP contribution in [0.1, 0.15) is 6.92 Å². The van der Waals surface area contributed by atoms with Crippen LogP contribution in [0.25, 0.3) is 0 Å². The molecule has 0 aliphatic carbocycles. The van der Waals surface area contributed by atoms with E-state index in [0.717, 1.165) is 0 Å². The molecule has 0 spiro atoms. The van der Waals surface area contributed by atoms with Gasteiger partial charge < -0.3 is 13.0 Å². The zero-order valence-electron chi connectivity index (χ0n) is 12.6. The second-order valence-electron chi connectivity index (χ2n) is 6.27. The summed E-state index contributed by atoms with van der Waals surface area (Å²) in [5.74, 6) is -0.370. The van der Waals surface area contributed by atoms with E-state index in [1.165, 1.54) is 0 Å². The standard InChI is InChI=1S/C11H26O4Si3/c1-10(2)11(12)13-9-16(14-17(3,4)5)15-18(6,7)8/h16H,1,9H2,2-8H3. The minimum absolute atomic E-state index is 0.264. The highest BCUT2D eigenvalue weighted by atomic mass is 28.4. The van der Waals surface area contributed by atoms with Crippen LogP contribution in [0, 0.1) is 0 Å². The van der Waals surface area contributed by atoms with Crippen LogP contribution in [-0.2, 0) is 17.8 Å². The molecule has 0 bridgehead atoms. The molecule has 0 aliphatic rings. The molecule has 0 atom stereocenters. The average molecular weight is 307 g/mol. The van der Waals surface area contributed by atoms with E-state index >= 15 is 0 Å². The van der Waals surface area contributed by atoms with Gasteiger partial charge in [0.2, 0.25) is 0 Å². The number of ether oxygens (including phenoxy) is 1. The van der Waals surface area contributed by atoms with Crippen molar-refractivity contribution in [1.82, 2.24) is 0 Å². The summed E-state index contributed by atoms with van der Waals surface area (Å²) in [5, 5.41) is 0. The summed E-state index contributed by atoms with van der Waals surface area (Å²) >= 11 is 0. The zero-order valence-corrected chi connectivity index (χ0v) is 15.8. The molecule has 0 saturated carbocycles. The molecule has 0 aromatic carbocycles. The third kappa shape index (κ3) is 9.77. The van der Waals surface area contributed by atoms with Gasteiger partial charge in [0.05, 0.1) is 0 Å². The Bertz CT molecular complexity index is 288. The largest absolute Gasteiger partial charge is 0.461 e. The van der Waals surface area contributed by atoms with Crippen molar-refractivity contribution in [2.45, 2.75) is 46.2 Å². The predicted octanol–water partition coefficient (Wildman–Crippen LogP) is 2.57. The fraction of sp³-hybridized carbons (Fsp3) is 0.727. The first kappa shape index (κ1) is 17.8. The highest BCUT2D eigenvalue weighted by Gasteiger charge is 2.29. The Kier molecular flexibility index (Phi) is 6.72. The van der Waals surface area contributed by atoms with Crippen LogP contribution in [0.4, 0.5) is 0 Å². The molecule has 0 N–H and O–H groups in total. The smallest absolute Gasteiger partial charge is 0.340 e. The molecular weight excluding hydrogens is 280 g/mol. The molecule has 0 heterocycles. The van der Waals surface area contributed by atoms with Gasteiger partial charge in [-0.2, -0.15) is 0 Å². The molecule has 0 rings (SSSR count). The van der Waals surface area contributed by atoms with E-state index in [9.17, 15) is 4.79 Å². The first-order chi connectivity index (χ1) is 7.91. The normalized spacial score (nSPS) is 12.7. The number of hydrogen-bond acceptors (Lipinski definition) is 4. The van der Waals surface area contributed by atoms with Gasteiger partial charge >= 0.3 is 15.3 Å². The van der Waals surface area contributed by atoms with Gasteiger partial charge in [0.25, 0.3) is 0 Å². The first-order valence-corrected chi connectivity index (χ1v) is 14.7. The lowest BCUT2D eigenvalue weighted by Crippen LogP contribution is -2.46. The number of hydrogen-bond donors (Lipinski definition) is 0. The van der Waals surface area contributed by atoms with Crippen LogP contribution in [0.2, 0.25) is 39.3 Å². The van der Waals surface area contributed by atoms with E-state index in [1.54, 1.807) is 6.92 Å². The van der Waals surface area contributed by atoms with E-state index in [1.807, 2.05) is 0 Å². The summed E-state index contributed by atoms with van der Waals surface area (Å²) in [7, 11) is -5.29. The molecule has 0 fully saturated rings. The van der Waals surface area contributed by atoms with Crippen LogP contribution < -0.4 is 0 Å². The van der Waals surface area contributed by atoms with Gasteiger partial charge in [0.1, 0.15) is 6.23 Å². The third-order valence-electron chi connectivity index (χ3n) is 1.67. The summed E-state index contributed by atoms with van der Waals surface area (Å²) in [6.45, 7) is 17.9. The topological polar surface area (TPSA) is 44.8 Å². The van der Waals surface area contributed by atoms with Gasteiger partial charge in [-0.05, 0) is 46.2 Å². The lowest BCUT2D eigenvalue weighted by molar-refractivity contribution is -0.137. The van der Waals surface area contributed by atoms with Crippen molar-refractivity contribution in [3.8, 4) is 0 Å². The maximum Gasteiger partial charge on any atom is 0.340 e. The van der Waals surface area contributed by atoms with Crippen LogP contribution in [-0.4, -0.2) is 38.1 Å². The van der Waals surface area contributed by atoms with Crippen molar-refractivity contribution in [1.29, 1.82) is 0 Å². The number of esters is 1. The molecule has 4 nitrogen and oxygen atoms in total. The first-order valence-electron chi connectivity index (χ1n) is 6.09. The lowest BCUT2D eigenvalue weighted by Gasteiger charge is -2.30. The summed E-state index contributed by atoms with van der Waals surface area (Å²) in [4.78, 5) is 11.4. The Morgan fingerprint density at radius 2 is 1.44 bits per heavy atom. The SMILES string of the molecule is C=C(C)C(=O)OC[SiH](O[Si](C)(C)C)O[Si](C)(C)C. The van der Waals surface area contributed by atoms with Gasteiger partial charge in [-0.25, -0.2) is 4.79 Å². The molecule has 0 aromatic heterocycles. The maximum atomic E-state index is 11.4.